The van der Waals surface area contributed by atoms with Gasteiger partial charge in [0.05, 0.1) is 13.2 Å². The third-order valence-corrected chi connectivity index (χ3v) is 2.45. The van der Waals surface area contributed by atoms with Gasteiger partial charge >= 0.3 is 0 Å². The minimum Gasteiger partial charge on any atom is -0.478 e. The molecule has 0 unspecified atom stereocenters. The number of aliphatic hydroxyl groups is 1. The Balaban J connectivity index is 1.81. The SMILES string of the molecule is OCc1ccnc(OCCC2CC2)c1. The number of aliphatic hydroxyl groups excluding tert-OH is 1. The Hall–Kier alpha value is -1.09. The van der Waals surface area contributed by atoms with Gasteiger partial charge in [-0.25, -0.2) is 4.98 Å². The van der Waals surface area contributed by atoms with Gasteiger partial charge in [-0.3, -0.25) is 0 Å². The highest BCUT2D eigenvalue weighted by Crippen LogP contribution is 2.32. The highest BCUT2D eigenvalue weighted by atomic mass is 16.5. The van der Waals surface area contributed by atoms with Gasteiger partial charge in [0.15, 0.2) is 0 Å². The van der Waals surface area contributed by atoms with E-state index in [0.29, 0.717) is 5.88 Å². The van der Waals surface area contributed by atoms with E-state index in [2.05, 4.69) is 4.98 Å². The molecule has 0 bridgehead atoms. The maximum Gasteiger partial charge on any atom is 0.213 e. The second-order valence-corrected chi connectivity index (χ2v) is 3.74. The Morgan fingerprint density at radius 1 is 1.50 bits per heavy atom. The van der Waals surface area contributed by atoms with Crippen molar-refractivity contribution in [2.24, 2.45) is 5.92 Å². The second-order valence-electron chi connectivity index (χ2n) is 3.74. The van der Waals surface area contributed by atoms with Crippen molar-refractivity contribution in [1.29, 1.82) is 0 Å². The standard InChI is InChI=1S/C11H15NO2/c13-8-10-3-5-12-11(7-10)14-6-4-9-1-2-9/h3,5,7,9,13H,1-2,4,6,8H2. The van der Waals surface area contributed by atoms with Crippen LogP contribution in [0.4, 0.5) is 0 Å². The molecule has 3 nitrogen and oxygen atoms in total. The average Bonchev–Trinajstić information content (AvgIpc) is 3.02. The van der Waals surface area contributed by atoms with E-state index in [1.165, 1.54) is 12.8 Å². The lowest BCUT2D eigenvalue weighted by Crippen LogP contribution is -2.00. The summed E-state index contributed by atoms with van der Waals surface area (Å²) in [6.07, 6.45) is 5.50. The molecule has 1 aliphatic carbocycles. The summed E-state index contributed by atoms with van der Waals surface area (Å²) in [4.78, 5) is 4.07. The zero-order valence-electron chi connectivity index (χ0n) is 8.15. The van der Waals surface area contributed by atoms with Gasteiger partial charge in [0.2, 0.25) is 5.88 Å². The van der Waals surface area contributed by atoms with Crippen LogP contribution in [-0.2, 0) is 6.61 Å². The molecule has 3 heteroatoms. The van der Waals surface area contributed by atoms with Crippen molar-refractivity contribution in [2.45, 2.75) is 25.9 Å². The lowest BCUT2D eigenvalue weighted by atomic mass is 10.3. The van der Waals surface area contributed by atoms with E-state index in [1.54, 1.807) is 18.3 Å². The number of ether oxygens (including phenoxy) is 1. The molecule has 0 atom stereocenters. The molecule has 1 N–H and O–H groups in total. The summed E-state index contributed by atoms with van der Waals surface area (Å²) in [6.45, 7) is 0.786. The van der Waals surface area contributed by atoms with Gasteiger partial charge in [0, 0.05) is 12.3 Å². The van der Waals surface area contributed by atoms with Crippen molar-refractivity contribution in [3.8, 4) is 5.88 Å². The summed E-state index contributed by atoms with van der Waals surface area (Å²) in [6, 6.07) is 3.57. The first-order valence-corrected chi connectivity index (χ1v) is 5.07. The summed E-state index contributed by atoms with van der Waals surface area (Å²) < 4.78 is 5.48. The maximum atomic E-state index is 8.90. The number of aromatic nitrogens is 1. The lowest BCUT2D eigenvalue weighted by Gasteiger charge is -2.04. The van der Waals surface area contributed by atoms with Gasteiger partial charge in [-0.05, 0) is 24.0 Å². The van der Waals surface area contributed by atoms with Gasteiger partial charge in [-0.2, -0.15) is 0 Å². The van der Waals surface area contributed by atoms with Crippen molar-refractivity contribution in [3.63, 3.8) is 0 Å². The lowest BCUT2D eigenvalue weighted by molar-refractivity contribution is 0.274. The van der Waals surface area contributed by atoms with E-state index in [-0.39, 0.29) is 6.61 Å². The fraction of sp³-hybridized carbons (Fsp3) is 0.545. The Morgan fingerprint density at radius 2 is 2.36 bits per heavy atom. The molecule has 1 aromatic heterocycles. The molecule has 14 heavy (non-hydrogen) atoms. The minimum atomic E-state index is 0.0432. The van der Waals surface area contributed by atoms with E-state index < -0.39 is 0 Å². The van der Waals surface area contributed by atoms with Crippen molar-refractivity contribution in [2.75, 3.05) is 6.61 Å². The molecular formula is C11H15NO2. The first kappa shape index (κ1) is 9.46. The third kappa shape index (κ3) is 2.70. The topological polar surface area (TPSA) is 42.4 Å². The largest absolute Gasteiger partial charge is 0.478 e. The number of pyridine rings is 1. The molecule has 1 aromatic rings. The van der Waals surface area contributed by atoms with Crippen LogP contribution in [0.25, 0.3) is 0 Å². The van der Waals surface area contributed by atoms with E-state index in [9.17, 15) is 0 Å². The Bertz CT molecular complexity index is 297. The molecule has 1 aliphatic rings. The molecule has 0 saturated heterocycles. The number of nitrogens with zero attached hydrogens (tertiary/aromatic N) is 1. The number of hydrogen-bond acceptors (Lipinski definition) is 3. The maximum absolute atomic E-state index is 8.90. The van der Waals surface area contributed by atoms with Crippen LogP contribution in [0.1, 0.15) is 24.8 Å². The predicted octanol–water partition coefficient (Wildman–Crippen LogP) is 1.75. The fourth-order valence-electron chi connectivity index (χ4n) is 1.36. The van der Waals surface area contributed by atoms with Gasteiger partial charge in [0.25, 0.3) is 0 Å². The minimum absolute atomic E-state index is 0.0432. The fourth-order valence-corrected chi connectivity index (χ4v) is 1.36. The summed E-state index contributed by atoms with van der Waals surface area (Å²) in [7, 11) is 0. The van der Waals surface area contributed by atoms with Crippen LogP contribution in [0.15, 0.2) is 18.3 Å². The predicted molar refractivity (Wildman–Crippen MR) is 53.0 cm³/mol. The molecule has 0 aliphatic heterocycles. The first-order valence-electron chi connectivity index (χ1n) is 5.07. The summed E-state index contributed by atoms with van der Waals surface area (Å²) >= 11 is 0. The highest BCUT2D eigenvalue weighted by Gasteiger charge is 2.20. The van der Waals surface area contributed by atoms with Crippen LogP contribution in [0.5, 0.6) is 5.88 Å². The molecule has 2 rings (SSSR count). The average molecular weight is 193 g/mol. The first-order chi connectivity index (χ1) is 6.88. The van der Waals surface area contributed by atoms with Crippen molar-refractivity contribution >= 4 is 0 Å². The van der Waals surface area contributed by atoms with E-state index in [1.807, 2.05) is 0 Å². The number of hydrogen-bond donors (Lipinski definition) is 1. The molecule has 0 spiro atoms. The third-order valence-electron chi connectivity index (χ3n) is 2.45. The molecule has 76 valence electrons. The smallest absolute Gasteiger partial charge is 0.213 e. The molecule has 0 aromatic carbocycles. The quantitative estimate of drug-likeness (QED) is 0.774. The van der Waals surface area contributed by atoms with Crippen LogP contribution in [-0.4, -0.2) is 16.7 Å². The van der Waals surface area contributed by atoms with E-state index in [4.69, 9.17) is 9.84 Å². The normalized spacial score (nSPS) is 15.5. The van der Waals surface area contributed by atoms with Crippen molar-refractivity contribution < 1.29 is 9.84 Å². The van der Waals surface area contributed by atoms with Crippen LogP contribution in [0.3, 0.4) is 0 Å². The van der Waals surface area contributed by atoms with Crippen molar-refractivity contribution in [3.05, 3.63) is 23.9 Å². The zero-order chi connectivity index (χ0) is 9.80. The summed E-state index contributed by atoms with van der Waals surface area (Å²) in [5.74, 6) is 1.51. The Labute approximate surface area is 83.7 Å². The van der Waals surface area contributed by atoms with Gasteiger partial charge < -0.3 is 9.84 Å². The summed E-state index contributed by atoms with van der Waals surface area (Å²) in [5.41, 5.74) is 0.849. The number of rotatable bonds is 5. The van der Waals surface area contributed by atoms with Crippen molar-refractivity contribution in [1.82, 2.24) is 4.98 Å². The highest BCUT2D eigenvalue weighted by molar-refractivity contribution is 5.19. The summed E-state index contributed by atoms with van der Waals surface area (Å²) in [5, 5.41) is 8.90. The van der Waals surface area contributed by atoms with Crippen LogP contribution >= 0.6 is 0 Å². The molecule has 0 radical (unpaired) electrons. The molecule has 1 saturated carbocycles. The molecule has 1 heterocycles. The van der Waals surface area contributed by atoms with Crippen LogP contribution < -0.4 is 4.74 Å². The monoisotopic (exact) mass is 193 g/mol. The second kappa shape index (κ2) is 4.42. The van der Waals surface area contributed by atoms with E-state index in [0.717, 1.165) is 24.5 Å². The van der Waals surface area contributed by atoms with Gasteiger partial charge in [-0.15, -0.1) is 0 Å². The molecule has 0 amide bonds. The molecule has 1 fully saturated rings. The van der Waals surface area contributed by atoms with Crippen LogP contribution in [0, 0.1) is 5.92 Å². The Morgan fingerprint density at radius 3 is 3.07 bits per heavy atom. The zero-order valence-corrected chi connectivity index (χ0v) is 8.15. The Kier molecular flexibility index (Phi) is 2.99. The van der Waals surface area contributed by atoms with E-state index >= 15 is 0 Å². The molecular weight excluding hydrogens is 178 g/mol. The van der Waals surface area contributed by atoms with Gasteiger partial charge in [-0.1, -0.05) is 12.8 Å². The van der Waals surface area contributed by atoms with Crippen LogP contribution in [0.2, 0.25) is 0 Å². The van der Waals surface area contributed by atoms with Gasteiger partial charge in [0.1, 0.15) is 0 Å².